The number of Topliss-reactive ketones (excluding diaryl/α,β-unsaturated/α-hetero) is 1. The molecule has 1 aromatic rings. The molecule has 1 aromatic carbocycles. The Labute approximate surface area is 105 Å². The number of ketones is 1. The molecule has 18 heavy (non-hydrogen) atoms. The maximum atomic E-state index is 11.1. The van der Waals surface area contributed by atoms with Gasteiger partial charge in [-0.1, -0.05) is 0 Å². The predicted octanol–water partition coefficient (Wildman–Crippen LogP) is 1.86. The van der Waals surface area contributed by atoms with Crippen molar-refractivity contribution in [1.29, 1.82) is 0 Å². The van der Waals surface area contributed by atoms with Gasteiger partial charge in [0.1, 0.15) is 11.5 Å². The molecular formula is C13H15NO4. The number of carbonyl (C=O) groups excluding carboxylic acids is 1. The second-order valence-electron chi connectivity index (χ2n) is 4.41. The van der Waals surface area contributed by atoms with Crippen LogP contribution >= 0.6 is 0 Å². The van der Waals surface area contributed by atoms with Crippen LogP contribution < -0.4 is 10.5 Å². The molecule has 1 fully saturated rings. The summed E-state index contributed by atoms with van der Waals surface area (Å²) in [5.41, 5.74) is 6.20. The number of benzene rings is 1. The van der Waals surface area contributed by atoms with Crippen molar-refractivity contribution in [3.8, 4) is 5.75 Å². The van der Waals surface area contributed by atoms with Gasteiger partial charge in [-0.05, 0) is 31.0 Å². The fraction of sp³-hybridized carbons (Fsp3) is 0.385. The summed E-state index contributed by atoms with van der Waals surface area (Å²) in [6, 6.07) is 4.41. The zero-order valence-corrected chi connectivity index (χ0v) is 9.89. The molecule has 0 heterocycles. The summed E-state index contributed by atoms with van der Waals surface area (Å²) in [6.45, 7) is 0. The van der Waals surface area contributed by atoms with Crippen molar-refractivity contribution in [2.75, 3.05) is 5.73 Å². The van der Waals surface area contributed by atoms with Crippen molar-refractivity contribution >= 4 is 17.4 Å². The van der Waals surface area contributed by atoms with Gasteiger partial charge in [-0.2, -0.15) is 0 Å². The lowest BCUT2D eigenvalue weighted by molar-refractivity contribution is -0.121. The molecule has 0 amide bonds. The highest BCUT2D eigenvalue weighted by Crippen LogP contribution is 2.27. The van der Waals surface area contributed by atoms with Crippen LogP contribution in [0.15, 0.2) is 18.2 Å². The molecule has 0 radical (unpaired) electrons. The minimum absolute atomic E-state index is 0.0133. The monoisotopic (exact) mass is 249 g/mol. The first-order valence-electron chi connectivity index (χ1n) is 5.87. The van der Waals surface area contributed by atoms with E-state index < -0.39 is 5.97 Å². The number of anilines is 1. The van der Waals surface area contributed by atoms with Crippen LogP contribution in [0.5, 0.6) is 5.75 Å². The van der Waals surface area contributed by atoms with Crippen LogP contribution in [0.25, 0.3) is 0 Å². The number of rotatable bonds is 3. The molecule has 0 aliphatic heterocycles. The summed E-state index contributed by atoms with van der Waals surface area (Å²) in [6.07, 6.45) is 2.45. The van der Waals surface area contributed by atoms with E-state index in [2.05, 4.69) is 0 Å². The largest absolute Gasteiger partial charge is 0.488 e. The number of ether oxygens (including phenoxy) is 1. The topological polar surface area (TPSA) is 89.6 Å². The Balaban J connectivity index is 2.05. The number of aromatic carboxylic acids is 1. The van der Waals surface area contributed by atoms with Gasteiger partial charge in [-0.15, -0.1) is 0 Å². The lowest BCUT2D eigenvalue weighted by atomic mass is 9.96. The van der Waals surface area contributed by atoms with E-state index in [4.69, 9.17) is 15.6 Å². The van der Waals surface area contributed by atoms with E-state index in [1.807, 2.05) is 0 Å². The summed E-state index contributed by atoms with van der Waals surface area (Å²) in [4.78, 5) is 21.9. The average Bonchev–Trinajstić information content (AvgIpc) is 2.34. The first-order chi connectivity index (χ1) is 8.56. The molecule has 96 valence electrons. The average molecular weight is 249 g/mol. The van der Waals surface area contributed by atoms with Crippen molar-refractivity contribution < 1.29 is 19.4 Å². The Bertz CT molecular complexity index is 474. The van der Waals surface area contributed by atoms with Gasteiger partial charge in [-0.25, -0.2) is 4.79 Å². The molecule has 3 N–H and O–H groups in total. The Hall–Kier alpha value is -2.04. The van der Waals surface area contributed by atoms with Crippen molar-refractivity contribution in [3.05, 3.63) is 23.8 Å². The van der Waals surface area contributed by atoms with Gasteiger partial charge < -0.3 is 15.6 Å². The zero-order valence-electron chi connectivity index (χ0n) is 9.89. The molecule has 0 atom stereocenters. The highest BCUT2D eigenvalue weighted by atomic mass is 16.5. The molecule has 0 saturated heterocycles. The Kier molecular flexibility index (Phi) is 3.50. The summed E-state index contributed by atoms with van der Waals surface area (Å²) < 4.78 is 5.70. The molecule has 0 spiro atoms. The smallest absolute Gasteiger partial charge is 0.335 e. The second-order valence-corrected chi connectivity index (χ2v) is 4.41. The van der Waals surface area contributed by atoms with E-state index in [-0.39, 0.29) is 17.5 Å². The number of carboxylic acids is 1. The van der Waals surface area contributed by atoms with E-state index in [1.54, 1.807) is 6.07 Å². The van der Waals surface area contributed by atoms with E-state index in [9.17, 15) is 9.59 Å². The maximum absolute atomic E-state index is 11.1. The summed E-state index contributed by atoms with van der Waals surface area (Å²) in [7, 11) is 0. The number of hydrogen-bond acceptors (Lipinski definition) is 4. The highest BCUT2D eigenvalue weighted by molar-refractivity contribution is 5.89. The first kappa shape index (κ1) is 12.4. The van der Waals surface area contributed by atoms with Crippen LogP contribution in [0, 0.1) is 0 Å². The SMILES string of the molecule is Nc1cc(C(=O)O)ccc1OC1CCC(=O)CC1. The lowest BCUT2D eigenvalue weighted by Gasteiger charge is -2.23. The predicted molar refractivity (Wildman–Crippen MR) is 65.7 cm³/mol. The summed E-state index contributed by atoms with van der Waals surface area (Å²) >= 11 is 0. The fourth-order valence-corrected chi connectivity index (χ4v) is 2.00. The molecule has 5 heteroatoms. The van der Waals surface area contributed by atoms with E-state index in [1.165, 1.54) is 12.1 Å². The third-order valence-electron chi connectivity index (χ3n) is 3.04. The first-order valence-corrected chi connectivity index (χ1v) is 5.87. The van der Waals surface area contributed by atoms with Gasteiger partial charge in [0.25, 0.3) is 0 Å². The minimum Gasteiger partial charge on any atom is -0.488 e. The van der Waals surface area contributed by atoms with Crippen LogP contribution in [0.1, 0.15) is 36.0 Å². The van der Waals surface area contributed by atoms with Crippen molar-refractivity contribution in [3.63, 3.8) is 0 Å². The Morgan fingerprint density at radius 3 is 2.56 bits per heavy atom. The normalized spacial score (nSPS) is 16.6. The minimum atomic E-state index is -1.02. The molecule has 1 aliphatic rings. The van der Waals surface area contributed by atoms with Crippen LogP contribution in [0.4, 0.5) is 5.69 Å². The summed E-state index contributed by atoms with van der Waals surface area (Å²) in [5, 5.41) is 8.82. The number of nitrogen functional groups attached to an aromatic ring is 1. The standard InChI is InChI=1S/C13H15NO4/c14-11-7-8(13(16)17)1-6-12(11)18-10-4-2-9(15)3-5-10/h1,6-7,10H,2-5,14H2,(H,16,17). The van der Waals surface area contributed by atoms with Gasteiger partial charge in [0.05, 0.1) is 17.4 Å². The summed E-state index contributed by atoms with van der Waals surface area (Å²) in [5.74, 6) is -0.264. The zero-order chi connectivity index (χ0) is 13.1. The Morgan fingerprint density at radius 1 is 1.33 bits per heavy atom. The number of hydrogen-bond donors (Lipinski definition) is 2. The third kappa shape index (κ3) is 2.80. The van der Waals surface area contributed by atoms with Crippen molar-refractivity contribution in [1.82, 2.24) is 0 Å². The van der Waals surface area contributed by atoms with Gasteiger partial charge in [0, 0.05) is 12.8 Å². The van der Waals surface area contributed by atoms with Gasteiger partial charge in [-0.3, -0.25) is 4.79 Å². The van der Waals surface area contributed by atoms with Crippen molar-refractivity contribution in [2.45, 2.75) is 31.8 Å². The number of carboxylic acid groups (broad SMARTS) is 1. The second kappa shape index (κ2) is 5.08. The van der Waals surface area contributed by atoms with Gasteiger partial charge in [0.15, 0.2) is 0 Å². The van der Waals surface area contributed by atoms with Crippen molar-refractivity contribution in [2.24, 2.45) is 0 Å². The van der Waals surface area contributed by atoms with Gasteiger partial charge >= 0.3 is 5.97 Å². The third-order valence-corrected chi connectivity index (χ3v) is 3.04. The quantitative estimate of drug-likeness (QED) is 0.798. The van der Waals surface area contributed by atoms with E-state index in [0.29, 0.717) is 37.1 Å². The number of carbonyl (C=O) groups is 2. The van der Waals surface area contributed by atoms with E-state index in [0.717, 1.165) is 0 Å². The van der Waals surface area contributed by atoms with Crippen LogP contribution in [-0.2, 0) is 4.79 Å². The molecule has 0 unspecified atom stereocenters. The van der Waals surface area contributed by atoms with Crippen LogP contribution in [-0.4, -0.2) is 23.0 Å². The lowest BCUT2D eigenvalue weighted by Crippen LogP contribution is -2.24. The molecule has 5 nitrogen and oxygen atoms in total. The fourth-order valence-electron chi connectivity index (χ4n) is 2.00. The molecule has 1 aliphatic carbocycles. The van der Waals surface area contributed by atoms with Crippen LogP contribution in [0.3, 0.4) is 0 Å². The van der Waals surface area contributed by atoms with E-state index >= 15 is 0 Å². The molecule has 1 saturated carbocycles. The molecule has 2 rings (SSSR count). The molecule has 0 bridgehead atoms. The maximum Gasteiger partial charge on any atom is 0.335 e. The molecule has 0 aromatic heterocycles. The number of nitrogens with two attached hydrogens (primary N) is 1. The van der Waals surface area contributed by atoms with Gasteiger partial charge in [0.2, 0.25) is 0 Å². The van der Waals surface area contributed by atoms with Crippen LogP contribution in [0.2, 0.25) is 0 Å². The molecular weight excluding hydrogens is 234 g/mol. The Morgan fingerprint density at radius 2 is 2.00 bits per heavy atom. The highest BCUT2D eigenvalue weighted by Gasteiger charge is 2.20.